The monoisotopic (exact) mass is 213 g/mol. The largest absolute Gasteiger partial charge is 0.371 e. The minimum Gasteiger partial charge on any atom is -0.371 e. The van der Waals surface area contributed by atoms with E-state index >= 15 is 0 Å². The van der Waals surface area contributed by atoms with E-state index in [1.54, 1.807) is 21.1 Å². The van der Waals surface area contributed by atoms with Gasteiger partial charge in [0.25, 0.3) is 5.91 Å². The molecule has 0 atom stereocenters. The van der Waals surface area contributed by atoms with Gasteiger partial charge in [-0.1, -0.05) is 0 Å². The fourth-order valence-electron chi connectivity index (χ4n) is 1.16. The minimum atomic E-state index is -0.572. The van der Waals surface area contributed by atoms with Crippen molar-refractivity contribution in [1.29, 1.82) is 0 Å². The van der Waals surface area contributed by atoms with Gasteiger partial charge in [0.2, 0.25) is 5.96 Å². The highest BCUT2D eigenvalue weighted by Gasteiger charge is 2.23. The molecular formula is C7H15N7O. The van der Waals surface area contributed by atoms with Crippen LogP contribution in [0.1, 0.15) is 0 Å². The number of amides is 1. The highest BCUT2D eigenvalue weighted by Crippen LogP contribution is 2.10. The predicted octanol–water partition coefficient (Wildman–Crippen LogP) is -2.53. The summed E-state index contributed by atoms with van der Waals surface area (Å²) in [5, 5.41) is 5.53. The van der Waals surface area contributed by atoms with Crippen molar-refractivity contribution in [3.8, 4) is 0 Å². The number of guanidine groups is 1. The van der Waals surface area contributed by atoms with Crippen molar-refractivity contribution < 1.29 is 4.79 Å². The SMILES string of the molecule is CNC1=C(C(N)=O)N(C)NC(N(C)N)=N1. The molecule has 6 N–H and O–H groups in total. The van der Waals surface area contributed by atoms with Gasteiger partial charge in [-0.2, -0.15) is 4.99 Å². The van der Waals surface area contributed by atoms with Crippen molar-refractivity contribution in [3.63, 3.8) is 0 Å². The molecule has 1 aliphatic heterocycles. The summed E-state index contributed by atoms with van der Waals surface area (Å²) in [6.07, 6.45) is 0. The zero-order chi connectivity index (χ0) is 11.6. The molecule has 0 fully saturated rings. The number of hydrazine groups is 2. The summed E-state index contributed by atoms with van der Waals surface area (Å²) in [5.41, 5.74) is 8.26. The Balaban J connectivity index is 3.14. The van der Waals surface area contributed by atoms with Gasteiger partial charge < -0.3 is 11.1 Å². The first-order chi connectivity index (χ1) is 6.97. The molecule has 1 aliphatic rings. The molecule has 84 valence electrons. The van der Waals surface area contributed by atoms with E-state index in [-0.39, 0.29) is 5.70 Å². The van der Waals surface area contributed by atoms with Crippen LogP contribution >= 0.6 is 0 Å². The van der Waals surface area contributed by atoms with Gasteiger partial charge in [0.15, 0.2) is 11.5 Å². The molecule has 0 radical (unpaired) electrons. The molecule has 0 saturated carbocycles. The van der Waals surface area contributed by atoms with E-state index in [1.165, 1.54) is 10.0 Å². The first kappa shape index (κ1) is 11.1. The lowest BCUT2D eigenvalue weighted by molar-refractivity contribution is -0.116. The van der Waals surface area contributed by atoms with Crippen LogP contribution in [0.5, 0.6) is 0 Å². The molecule has 0 saturated heterocycles. The van der Waals surface area contributed by atoms with Gasteiger partial charge in [-0.25, -0.2) is 5.84 Å². The molecule has 8 nitrogen and oxygen atoms in total. The maximum absolute atomic E-state index is 11.1. The summed E-state index contributed by atoms with van der Waals surface area (Å²) in [7, 11) is 4.92. The van der Waals surface area contributed by atoms with Gasteiger partial charge in [-0.3, -0.25) is 20.2 Å². The Morgan fingerprint density at radius 2 is 2.27 bits per heavy atom. The molecular weight excluding hydrogens is 198 g/mol. The third kappa shape index (κ3) is 2.10. The zero-order valence-corrected chi connectivity index (χ0v) is 8.90. The van der Waals surface area contributed by atoms with Crippen LogP contribution in [0, 0.1) is 0 Å². The number of nitrogens with one attached hydrogen (secondary N) is 2. The van der Waals surface area contributed by atoms with E-state index in [9.17, 15) is 4.79 Å². The highest BCUT2D eigenvalue weighted by molar-refractivity contribution is 5.94. The van der Waals surface area contributed by atoms with Crippen molar-refractivity contribution in [2.24, 2.45) is 16.6 Å². The number of likely N-dealkylation sites (N-methyl/N-ethyl adjacent to an activating group) is 1. The average molecular weight is 213 g/mol. The molecule has 15 heavy (non-hydrogen) atoms. The van der Waals surface area contributed by atoms with E-state index in [2.05, 4.69) is 15.7 Å². The number of hydrogen-bond donors (Lipinski definition) is 4. The number of hydrogen-bond acceptors (Lipinski definition) is 7. The van der Waals surface area contributed by atoms with E-state index in [0.717, 1.165) is 0 Å². The summed E-state index contributed by atoms with van der Waals surface area (Å²) in [6.45, 7) is 0. The van der Waals surface area contributed by atoms with Crippen LogP contribution in [0.3, 0.4) is 0 Å². The maximum Gasteiger partial charge on any atom is 0.270 e. The summed E-state index contributed by atoms with van der Waals surface area (Å²) >= 11 is 0. The lowest BCUT2D eigenvalue weighted by atomic mass is 10.4. The number of rotatable bonds is 2. The topological polar surface area (TPSA) is 112 Å². The molecule has 1 rings (SSSR count). The van der Waals surface area contributed by atoms with Crippen LogP contribution in [-0.2, 0) is 4.79 Å². The van der Waals surface area contributed by atoms with Crippen LogP contribution in [-0.4, -0.2) is 43.0 Å². The molecule has 0 spiro atoms. The number of aliphatic imine (C=N–C) groups is 1. The molecule has 0 bridgehead atoms. The molecule has 1 heterocycles. The van der Waals surface area contributed by atoms with Crippen molar-refractivity contribution in [2.75, 3.05) is 21.1 Å². The van der Waals surface area contributed by atoms with Crippen LogP contribution < -0.4 is 22.3 Å². The van der Waals surface area contributed by atoms with Crippen LogP contribution in [0.2, 0.25) is 0 Å². The standard InChI is InChI=1S/C7H15N7O/c1-10-6-4(5(8)15)14(3)12-7(11-6)13(2)9/h10H,9H2,1-3H3,(H2,8,15)(H,11,12). The predicted molar refractivity (Wildman–Crippen MR) is 55.6 cm³/mol. The summed E-state index contributed by atoms with van der Waals surface area (Å²) < 4.78 is 0. The lowest BCUT2D eigenvalue weighted by Crippen LogP contribution is -2.54. The number of nitrogens with two attached hydrogens (primary N) is 2. The molecule has 0 aromatic carbocycles. The van der Waals surface area contributed by atoms with Gasteiger partial charge in [0.05, 0.1) is 0 Å². The summed E-state index contributed by atoms with van der Waals surface area (Å²) in [4.78, 5) is 15.2. The van der Waals surface area contributed by atoms with E-state index < -0.39 is 5.91 Å². The Labute approximate surface area is 87.5 Å². The van der Waals surface area contributed by atoms with Crippen LogP contribution in [0.4, 0.5) is 0 Å². The third-order valence-electron chi connectivity index (χ3n) is 1.85. The van der Waals surface area contributed by atoms with Crippen LogP contribution in [0.15, 0.2) is 16.5 Å². The zero-order valence-electron chi connectivity index (χ0n) is 8.90. The van der Waals surface area contributed by atoms with Gasteiger partial charge in [-0.15, -0.1) is 0 Å². The Hall–Kier alpha value is -1.96. The van der Waals surface area contributed by atoms with Crippen molar-refractivity contribution >= 4 is 11.9 Å². The highest BCUT2D eigenvalue weighted by atomic mass is 16.1. The maximum atomic E-state index is 11.1. The van der Waals surface area contributed by atoms with E-state index in [4.69, 9.17) is 11.6 Å². The smallest absolute Gasteiger partial charge is 0.270 e. The Bertz CT molecular complexity index is 332. The Kier molecular flexibility index (Phi) is 3.00. The van der Waals surface area contributed by atoms with Crippen molar-refractivity contribution in [3.05, 3.63) is 11.5 Å². The quantitative estimate of drug-likeness (QED) is 0.297. The Morgan fingerprint density at radius 1 is 1.67 bits per heavy atom. The summed E-state index contributed by atoms with van der Waals surface area (Å²) in [5.74, 6) is 5.72. The number of carbonyl (C=O) groups is 1. The van der Waals surface area contributed by atoms with E-state index in [1.807, 2.05) is 0 Å². The second kappa shape index (κ2) is 4.05. The van der Waals surface area contributed by atoms with Crippen molar-refractivity contribution in [1.82, 2.24) is 20.8 Å². The summed E-state index contributed by atoms with van der Waals surface area (Å²) in [6, 6.07) is 0. The second-order valence-electron chi connectivity index (χ2n) is 3.03. The second-order valence-corrected chi connectivity index (χ2v) is 3.03. The molecule has 8 heteroatoms. The normalized spacial score (nSPS) is 15.7. The van der Waals surface area contributed by atoms with Crippen LogP contribution in [0.25, 0.3) is 0 Å². The molecule has 0 aromatic rings. The lowest BCUT2D eigenvalue weighted by Gasteiger charge is -2.30. The first-order valence-electron chi connectivity index (χ1n) is 4.26. The average Bonchev–Trinajstić information content (AvgIpc) is 2.15. The third-order valence-corrected chi connectivity index (χ3v) is 1.85. The molecule has 1 amide bonds. The fraction of sp³-hybridized carbons (Fsp3) is 0.429. The van der Waals surface area contributed by atoms with E-state index in [0.29, 0.717) is 11.8 Å². The molecule has 0 unspecified atom stereocenters. The van der Waals surface area contributed by atoms with Gasteiger partial charge >= 0.3 is 0 Å². The minimum absolute atomic E-state index is 0.253. The number of primary amides is 1. The first-order valence-corrected chi connectivity index (χ1v) is 4.26. The number of nitrogens with zero attached hydrogens (tertiary/aromatic N) is 3. The Morgan fingerprint density at radius 3 is 2.67 bits per heavy atom. The fourth-order valence-corrected chi connectivity index (χ4v) is 1.16. The van der Waals surface area contributed by atoms with Gasteiger partial charge in [0.1, 0.15) is 0 Å². The van der Waals surface area contributed by atoms with Gasteiger partial charge in [0, 0.05) is 21.1 Å². The van der Waals surface area contributed by atoms with Crippen molar-refractivity contribution in [2.45, 2.75) is 0 Å². The van der Waals surface area contributed by atoms with Gasteiger partial charge in [-0.05, 0) is 0 Å². The number of carbonyl (C=O) groups excluding carboxylic acids is 1. The molecule has 0 aromatic heterocycles. The molecule has 0 aliphatic carbocycles.